The lowest BCUT2D eigenvalue weighted by atomic mass is 10.0. The Labute approximate surface area is 165 Å². The van der Waals surface area contributed by atoms with Gasteiger partial charge in [0.2, 0.25) is 0 Å². The van der Waals surface area contributed by atoms with E-state index in [1.54, 1.807) is 0 Å². The van der Waals surface area contributed by atoms with Crippen LogP contribution in [-0.2, 0) is 0 Å². The maximum absolute atomic E-state index is 9.91. The minimum absolute atomic E-state index is 0.412. The smallest absolute Gasteiger partial charge is 0.198 e. The minimum atomic E-state index is 0.412. The standard InChI is InChI=1S/C22H25N5O/c1-14-17(12-23)18-21(28-22(24-18)15-6-7-15)20(19(14)26-9-4-5-10-26)27-11-8-16(13-27)25(2)3/h4-5,9-10,15-16H,6-8,11,13H2,1-3H3. The Kier molecular flexibility index (Phi) is 3.95. The average molecular weight is 375 g/mol. The molecule has 0 N–H and O–H groups in total. The molecule has 1 aromatic carbocycles. The fraction of sp³-hybridized carbons (Fsp3) is 0.455. The Morgan fingerprint density at radius 1 is 1.18 bits per heavy atom. The van der Waals surface area contributed by atoms with Gasteiger partial charge in [0.1, 0.15) is 17.3 Å². The Bertz CT molecular complexity index is 1070. The highest BCUT2D eigenvalue weighted by atomic mass is 16.4. The van der Waals surface area contributed by atoms with Crippen molar-refractivity contribution in [3.63, 3.8) is 0 Å². The molecule has 6 nitrogen and oxygen atoms in total. The molecule has 1 aliphatic heterocycles. The highest BCUT2D eigenvalue weighted by Gasteiger charge is 2.34. The van der Waals surface area contributed by atoms with E-state index in [9.17, 15) is 5.26 Å². The molecule has 1 aliphatic carbocycles. The zero-order chi connectivity index (χ0) is 19.4. The van der Waals surface area contributed by atoms with E-state index in [0.717, 1.165) is 66.3 Å². The number of rotatable bonds is 4. The number of aromatic nitrogens is 2. The number of oxazole rings is 1. The van der Waals surface area contributed by atoms with E-state index >= 15 is 0 Å². The number of likely N-dealkylation sites (N-methyl/N-ethyl adjacent to an activating group) is 1. The molecular formula is C22H25N5O. The van der Waals surface area contributed by atoms with Gasteiger partial charge < -0.3 is 18.8 Å². The Morgan fingerprint density at radius 2 is 1.93 bits per heavy atom. The fourth-order valence-corrected chi connectivity index (χ4v) is 4.35. The highest BCUT2D eigenvalue weighted by molar-refractivity contribution is 5.98. The van der Waals surface area contributed by atoms with Crippen molar-refractivity contribution in [3.05, 3.63) is 41.5 Å². The minimum Gasteiger partial charge on any atom is -0.438 e. The van der Waals surface area contributed by atoms with E-state index in [2.05, 4.69) is 34.5 Å². The lowest BCUT2D eigenvalue weighted by Gasteiger charge is -2.25. The summed E-state index contributed by atoms with van der Waals surface area (Å²) in [5.74, 6) is 1.20. The van der Waals surface area contributed by atoms with Gasteiger partial charge in [-0.05, 0) is 58.0 Å². The Morgan fingerprint density at radius 3 is 2.54 bits per heavy atom. The van der Waals surface area contributed by atoms with Crippen molar-refractivity contribution in [2.24, 2.45) is 0 Å². The predicted octanol–water partition coefficient (Wildman–Crippen LogP) is 3.82. The topological polar surface area (TPSA) is 61.2 Å². The van der Waals surface area contributed by atoms with Crippen molar-refractivity contribution in [2.75, 3.05) is 32.1 Å². The molecule has 1 unspecified atom stereocenters. The summed E-state index contributed by atoms with van der Waals surface area (Å²) in [6, 6.07) is 6.94. The van der Waals surface area contributed by atoms with Crippen molar-refractivity contribution in [1.29, 1.82) is 5.26 Å². The van der Waals surface area contributed by atoms with Gasteiger partial charge in [-0.3, -0.25) is 0 Å². The number of nitriles is 1. The van der Waals surface area contributed by atoms with Crippen molar-refractivity contribution in [3.8, 4) is 11.8 Å². The van der Waals surface area contributed by atoms with Crippen LogP contribution in [-0.4, -0.2) is 47.7 Å². The average Bonchev–Trinajstić information content (AvgIpc) is 3.09. The van der Waals surface area contributed by atoms with Gasteiger partial charge in [0.05, 0.1) is 11.3 Å². The van der Waals surface area contributed by atoms with E-state index in [1.165, 1.54) is 0 Å². The molecule has 6 heteroatoms. The molecule has 0 bridgehead atoms. The predicted molar refractivity (Wildman–Crippen MR) is 109 cm³/mol. The summed E-state index contributed by atoms with van der Waals surface area (Å²) in [6.45, 7) is 3.94. The molecule has 1 saturated heterocycles. The first-order valence-electron chi connectivity index (χ1n) is 10.00. The van der Waals surface area contributed by atoms with Gasteiger partial charge >= 0.3 is 0 Å². The highest BCUT2D eigenvalue weighted by Crippen LogP contribution is 2.45. The van der Waals surface area contributed by atoms with Crippen LogP contribution in [0.25, 0.3) is 16.8 Å². The van der Waals surface area contributed by atoms with Crippen LogP contribution in [0.2, 0.25) is 0 Å². The molecule has 28 heavy (non-hydrogen) atoms. The van der Waals surface area contributed by atoms with Gasteiger partial charge in [0, 0.05) is 37.4 Å². The molecule has 2 aliphatic rings. The van der Waals surface area contributed by atoms with Gasteiger partial charge in [-0.1, -0.05) is 0 Å². The molecule has 0 radical (unpaired) electrons. The zero-order valence-electron chi connectivity index (χ0n) is 16.6. The van der Waals surface area contributed by atoms with Crippen molar-refractivity contribution >= 4 is 16.8 Å². The molecular weight excluding hydrogens is 350 g/mol. The van der Waals surface area contributed by atoms with Crippen LogP contribution < -0.4 is 4.90 Å². The second-order valence-corrected chi connectivity index (χ2v) is 8.26. The second kappa shape index (κ2) is 6.39. The second-order valence-electron chi connectivity index (χ2n) is 8.26. The van der Waals surface area contributed by atoms with E-state index in [0.29, 0.717) is 17.5 Å². The molecule has 3 heterocycles. The van der Waals surface area contributed by atoms with E-state index in [1.807, 2.05) is 31.5 Å². The van der Waals surface area contributed by atoms with Gasteiger partial charge in [-0.25, -0.2) is 4.98 Å². The molecule has 5 rings (SSSR count). The van der Waals surface area contributed by atoms with E-state index < -0.39 is 0 Å². The summed E-state index contributed by atoms with van der Waals surface area (Å²) in [5, 5.41) is 9.91. The van der Waals surface area contributed by atoms with E-state index in [-0.39, 0.29) is 0 Å². The SMILES string of the molecule is Cc1c(-n2cccc2)c(N2CCC(N(C)C)C2)c2oc(C3CC3)nc2c1C#N. The molecule has 2 aromatic heterocycles. The van der Waals surface area contributed by atoms with Crippen molar-refractivity contribution < 1.29 is 4.42 Å². The lowest BCUT2D eigenvalue weighted by Crippen LogP contribution is -2.32. The van der Waals surface area contributed by atoms with Gasteiger partial charge in [-0.2, -0.15) is 5.26 Å². The van der Waals surface area contributed by atoms with Crippen LogP contribution in [0.1, 0.15) is 42.2 Å². The quantitative estimate of drug-likeness (QED) is 0.694. The van der Waals surface area contributed by atoms with Crippen LogP contribution in [0.15, 0.2) is 28.9 Å². The summed E-state index contributed by atoms with van der Waals surface area (Å²) in [5.41, 5.74) is 5.19. The first-order valence-corrected chi connectivity index (χ1v) is 10.00. The van der Waals surface area contributed by atoms with Crippen LogP contribution in [0.5, 0.6) is 0 Å². The Balaban J connectivity index is 1.78. The summed E-state index contributed by atoms with van der Waals surface area (Å²) >= 11 is 0. The zero-order valence-corrected chi connectivity index (χ0v) is 16.6. The number of anilines is 1. The summed E-state index contributed by atoms with van der Waals surface area (Å²) in [7, 11) is 4.28. The number of benzene rings is 1. The van der Waals surface area contributed by atoms with Crippen LogP contribution >= 0.6 is 0 Å². The molecule has 3 aromatic rings. The maximum atomic E-state index is 9.91. The largest absolute Gasteiger partial charge is 0.438 e. The van der Waals surface area contributed by atoms with E-state index in [4.69, 9.17) is 9.40 Å². The molecule has 1 saturated carbocycles. The normalized spacial score (nSPS) is 19.7. The number of fused-ring (bicyclic) bond motifs is 1. The first kappa shape index (κ1) is 17.3. The third-order valence-corrected chi connectivity index (χ3v) is 6.16. The number of nitrogens with zero attached hydrogens (tertiary/aromatic N) is 5. The van der Waals surface area contributed by atoms with Crippen LogP contribution in [0.4, 0.5) is 5.69 Å². The molecule has 1 atom stereocenters. The Hall–Kier alpha value is -2.78. The summed E-state index contributed by atoms with van der Waals surface area (Å²) in [4.78, 5) is 9.49. The van der Waals surface area contributed by atoms with Crippen molar-refractivity contribution in [1.82, 2.24) is 14.5 Å². The molecule has 2 fully saturated rings. The lowest BCUT2D eigenvalue weighted by molar-refractivity contribution is 0.315. The molecule has 144 valence electrons. The maximum Gasteiger partial charge on any atom is 0.198 e. The van der Waals surface area contributed by atoms with Crippen molar-refractivity contribution in [2.45, 2.75) is 38.1 Å². The van der Waals surface area contributed by atoms with Gasteiger partial charge in [0.25, 0.3) is 0 Å². The monoisotopic (exact) mass is 375 g/mol. The summed E-state index contributed by atoms with van der Waals surface area (Å²) in [6.07, 6.45) is 7.44. The molecule has 0 spiro atoms. The van der Waals surface area contributed by atoms with Gasteiger partial charge in [-0.15, -0.1) is 0 Å². The number of hydrogen-bond acceptors (Lipinski definition) is 5. The van der Waals surface area contributed by atoms with Crippen LogP contribution in [0.3, 0.4) is 0 Å². The first-order chi connectivity index (χ1) is 13.6. The number of hydrogen-bond donors (Lipinski definition) is 0. The van der Waals surface area contributed by atoms with Crippen LogP contribution in [0, 0.1) is 18.3 Å². The third-order valence-electron chi connectivity index (χ3n) is 6.16. The molecule has 0 amide bonds. The third kappa shape index (κ3) is 2.61. The fourth-order valence-electron chi connectivity index (χ4n) is 4.35. The van der Waals surface area contributed by atoms with Gasteiger partial charge in [0.15, 0.2) is 11.5 Å². The summed E-state index contributed by atoms with van der Waals surface area (Å²) < 4.78 is 8.44.